The Morgan fingerprint density at radius 2 is 1.86 bits per heavy atom. The Kier molecular flexibility index (Phi) is 6.24. The van der Waals surface area contributed by atoms with Gasteiger partial charge < -0.3 is 10.1 Å². The molecule has 4 unspecified atom stereocenters. The van der Waals surface area contributed by atoms with Gasteiger partial charge >= 0.3 is 5.97 Å². The Balaban J connectivity index is 2.79. The highest BCUT2D eigenvalue weighted by atomic mass is 16.5. The number of esters is 1. The van der Waals surface area contributed by atoms with E-state index in [0.29, 0.717) is 18.4 Å². The fourth-order valence-electron chi connectivity index (χ4n) is 3.13. The van der Waals surface area contributed by atoms with Crippen molar-refractivity contribution in [2.45, 2.75) is 66.8 Å². The van der Waals surface area contributed by atoms with E-state index in [-0.39, 0.29) is 11.9 Å². The molecule has 21 heavy (non-hydrogen) atoms. The van der Waals surface area contributed by atoms with Crippen LogP contribution < -0.4 is 5.32 Å². The van der Waals surface area contributed by atoms with Crippen LogP contribution in [0.2, 0.25) is 0 Å². The molecule has 0 aromatic carbocycles. The molecule has 0 saturated heterocycles. The molecule has 0 aliphatic heterocycles. The molecule has 1 fully saturated rings. The predicted molar refractivity (Wildman–Crippen MR) is 83.7 cm³/mol. The quantitative estimate of drug-likeness (QED) is 0.640. The van der Waals surface area contributed by atoms with Gasteiger partial charge in [-0.15, -0.1) is 0 Å². The molecule has 1 N–H and O–H groups in total. The molecule has 0 bridgehead atoms. The van der Waals surface area contributed by atoms with Gasteiger partial charge in [0.2, 0.25) is 5.91 Å². The third kappa shape index (κ3) is 4.72. The monoisotopic (exact) mass is 297 g/mol. The summed E-state index contributed by atoms with van der Waals surface area (Å²) in [6, 6.07) is 0.167. The molecule has 122 valence electrons. The lowest BCUT2D eigenvalue weighted by Gasteiger charge is -2.36. The van der Waals surface area contributed by atoms with E-state index < -0.39 is 17.3 Å². The Morgan fingerprint density at radius 3 is 2.38 bits per heavy atom. The summed E-state index contributed by atoms with van der Waals surface area (Å²) in [5, 5.41) is 3.11. The maximum absolute atomic E-state index is 12.6. The fourth-order valence-corrected chi connectivity index (χ4v) is 3.13. The van der Waals surface area contributed by atoms with Crippen LogP contribution in [0.1, 0.15) is 60.8 Å². The van der Waals surface area contributed by atoms with Crippen molar-refractivity contribution in [2.75, 3.05) is 6.61 Å². The Hall–Kier alpha value is -1.06. The summed E-state index contributed by atoms with van der Waals surface area (Å²) in [5.41, 5.74) is -0.445. The van der Waals surface area contributed by atoms with Crippen LogP contribution in [0.25, 0.3) is 0 Å². The highest BCUT2D eigenvalue weighted by molar-refractivity contribution is 5.98. The lowest BCUT2D eigenvalue weighted by molar-refractivity contribution is -0.157. The van der Waals surface area contributed by atoms with Gasteiger partial charge in [0.05, 0.1) is 6.61 Å². The number of hydrogen-bond acceptors (Lipinski definition) is 3. The molecule has 4 heteroatoms. The van der Waals surface area contributed by atoms with E-state index in [1.54, 1.807) is 6.92 Å². The first-order chi connectivity index (χ1) is 9.68. The maximum Gasteiger partial charge on any atom is 0.319 e. The maximum atomic E-state index is 12.6. The molecule has 0 spiro atoms. The van der Waals surface area contributed by atoms with Gasteiger partial charge in [0.25, 0.3) is 0 Å². The first-order valence-corrected chi connectivity index (χ1v) is 8.15. The van der Waals surface area contributed by atoms with Gasteiger partial charge in [0.15, 0.2) is 0 Å². The minimum absolute atomic E-state index is 0.167. The minimum atomic E-state index is -0.748. The van der Waals surface area contributed by atoms with Crippen molar-refractivity contribution >= 4 is 11.9 Å². The third-order valence-electron chi connectivity index (χ3n) is 4.69. The van der Waals surface area contributed by atoms with Crippen molar-refractivity contribution in [3.05, 3.63) is 0 Å². The van der Waals surface area contributed by atoms with Gasteiger partial charge in [-0.1, -0.05) is 47.5 Å². The van der Waals surface area contributed by atoms with Crippen molar-refractivity contribution < 1.29 is 14.3 Å². The predicted octanol–water partition coefficient (Wildman–Crippen LogP) is 3.15. The number of carbonyl (C=O) groups excluding carboxylic acids is 2. The molecule has 4 atom stereocenters. The van der Waals surface area contributed by atoms with Crippen LogP contribution in [0.15, 0.2) is 0 Å². The van der Waals surface area contributed by atoms with Gasteiger partial charge in [0.1, 0.15) is 5.92 Å². The summed E-state index contributed by atoms with van der Waals surface area (Å²) < 4.78 is 5.09. The van der Waals surface area contributed by atoms with E-state index in [0.717, 1.165) is 12.8 Å². The number of ether oxygens (including phenoxy) is 1. The molecule has 4 nitrogen and oxygen atoms in total. The second kappa shape index (κ2) is 7.28. The van der Waals surface area contributed by atoms with E-state index in [2.05, 4.69) is 19.2 Å². The second-order valence-corrected chi connectivity index (χ2v) is 7.43. The Morgan fingerprint density at radius 1 is 1.24 bits per heavy atom. The molecule has 1 saturated carbocycles. The fraction of sp³-hybridized carbons (Fsp3) is 0.882. The van der Waals surface area contributed by atoms with Crippen molar-refractivity contribution in [3.8, 4) is 0 Å². The zero-order chi connectivity index (χ0) is 16.2. The molecular formula is C17H31NO3. The molecule has 0 radical (unpaired) electrons. The van der Waals surface area contributed by atoms with E-state index >= 15 is 0 Å². The average molecular weight is 297 g/mol. The van der Waals surface area contributed by atoms with Gasteiger partial charge in [-0.3, -0.25) is 9.59 Å². The first kappa shape index (κ1) is 18.0. The van der Waals surface area contributed by atoms with Gasteiger partial charge in [-0.05, 0) is 30.6 Å². The van der Waals surface area contributed by atoms with E-state index in [1.807, 2.05) is 20.8 Å². The molecular weight excluding hydrogens is 266 g/mol. The zero-order valence-electron chi connectivity index (χ0n) is 14.4. The van der Waals surface area contributed by atoms with Crippen LogP contribution in [0.4, 0.5) is 0 Å². The third-order valence-corrected chi connectivity index (χ3v) is 4.69. The van der Waals surface area contributed by atoms with Crippen LogP contribution in [-0.4, -0.2) is 24.5 Å². The number of carbonyl (C=O) groups is 2. The normalized spacial score (nSPS) is 27.8. The zero-order valence-corrected chi connectivity index (χ0v) is 14.4. The standard InChI is InChI=1S/C17H31NO3/c1-7-21-16(20)14(17(4,5)6)15(19)18-13-10-8-9-11(2)12(13)3/h11-14H,7-10H2,1-6H3,(H,18,19). The molecule has 0 aromatic rings. The van der Waals surface area contributed by atoms with Crippen LogP contribution in [-0.2, 0) is 14.3 Å². The van der Waals surface area contributed by atoms with E-state index in [1.165, 1.54) is 6.42 Å². The number of nitrogens with one attached hydrogen (secondary N) is 1. The average Bonchev–Trinajstić information content (AvgIpc) is 2.33. The second-order valence-electron chi connectivity index (χ2n) is 7.43. The van der Waals surface area contributed by atoms with Crippen LogP contribution in [0.5, 0.6) is 0 Å². The topological polar surface area (TPSA) is 55.4 Å². The smallest absolute Gasteiger partial charge is 0.319 e. The highest BCUT2D eigenvalue weighted by Gasteiger charge is 2.40. The van der Waals surface area contributed by atoms with E-state index in [9.17, 15) is 9.59 Å². The lowest BCUT2D eigenvalue weighted by atomic mass is 9.76. The van der Waals surface area contributed by atoms with E-state index in [4.69, 9.17) is 4.74 Å². The first-order valence-electron chi connectivity index (χ1n) is 8.15. The highest BCUT2D eigenvalue weighted by Crippen LogP contribution is 2.31. The largest absolute Gasteiger partial charge is 0.465 e. The van der Waals surface area contributed by atoms with Crippen LogP contribution >= 0.6 is 0 Å². The van der Waals surface area contributed by atoms with Gasteiger partial charge in [-0.2, -0.15) is 0 Å². The van der Waals surface area contributed by atoms with Crippen molar-refractivity contribution in [1.82, 2.24) is 5.32 Å². The molecule has 1 rings (SSSR count). The summed E-state index contributed by atoms with van der Waals surface area (Å²) in [5.74, 6) is -0.293. The van der Waals surface area contributed by atoms with Crippen molar-refractivity contribution in [2.24, 2.45) is 23.2 Å². The SMILES string of the molecule is CCOC(=O)C(C(=O)NC1CCCC(C)C1C)C(C)(C)C. The van der Waals surface area contributed by atoms with Crippen molar-refractivity contribution in [3.63, 3.8) is 0 Å². The number of amides is 1. The Labute approximate surface area is 129 Å². The summed E-state index contributed by atoms with van der Waals surface area (Å²) in [4.78, 5) is 24.8. The van der Waals surface area contributed by atoms with Crippen LogP contribution in [0, 0.1) is 23.2 Å². The summed E-state index contributed by atoms with van der Waals surface area (Å²) in [7, 11) is 0. The lowest BCUT2D eigenvalue weighted by Crippen LogP contribution is -2.50. The number of hydrogen-bond donors (Lipinski definition) is 1. The molecule has 1 amide bonds. The summed E-state index contributed by atoms with van der Waals surface area (Å²) in [6.07, 6.45) is 3.35. The molecule has 1 aliphatic carbocycles. The molecule has 0 heterocycles. The van der Waals surface area contributed by atoms with Gasteiger partial charge in [-0.25, -0.2) is 0 Å². The molecule has 1 aliphatic rings. The van der Waals surface area contributed by atoms with Crippen LogP contribution in [0.3, 0.4) is 0 Å². The van der Waals surface area contributed by atoms with Crippen molar-refractivity contribution in [1.29, 1.82) is 0 Å². The molecule has 0 aromatic heterocycles. The minimum Gasteiger partial charge on any atom is -0.465 e. The van der Waals surface area contributed by atoms with Gasteiger partial charge in [0, 0.05) is 6.04 Å². The summed E-state index contributed by atoms with van der Waals surface area (Å²) >= 11 is 0. The summed E-state index contributed by atoms with van der Waals surface area (Å²) in [6.45, 7) is 12.2. The number of rotatable bonds is 4. The Bertz CT molecular complexity index is 373.